The van der Waals surface area contributed by atoms with Crippen LogP contribution in [-0.2, 0) is 10.8 Å². The van der Waals surface area contributed by atoms with Gasteiger partial charge in [-0.05, 0) is 57.3 Å². The molecule has 2 aliphatic rings. The molecular formula is C44H38Cl2N4O4. The van der Waals surface area contributed by atoms with Crippen LogP contribution >= 0.6 is 23.2 Å². The van der Waals surface area contributed by atoms with Gasteiger partial charge >= 0.3 is 0 Å². The summed E-state index contributed by atoms with van der Waals surface area (Å²) in [5.41, 5.74) is 9.40. The second-order valence-corrected chi connectivity index (χ2v) is 16.3. The van der Waals surface area contributed by atoms with Gasteiger partial charge in [-0.25, -0.2) is 9.98 Å². The highest BCUT2D eigenvalue weighted by Gasteiger charge is 2.35. The maximum atomic E-state index is 12.8. The van der Waals surface area contributed by atoms with Crippen molar-refractivity contribution in [1.82, 2.24) is 9.97 Å². The minimum absolute atomic E-state index is 0.0237. The fraction of sp³-hybridized carbons (Fsp3) is 0.182. The molecule has 0 fully saturated rings. The van der Waals surface area contributed by atoms with Crippen LogP contribution in [0.3, 0.4) is 0 Å². The minimum atomic E-state index is -0.392. The van der Waals surface area contributed by atoms with E-state index < -0.39 is 5.91 Å². The molecular weight excluding hydrogens is 719 g/mol. The van der Waals surface area contributed by atoms with Gasteiger partial charge in [-0.3, -0.25) is 9.59 Å². The Kier molecular flexibility index (Phi) is 9.24. The smallest absolute Gasteiger partial charge is 0.280 e. The van der Waals surface area contributed by atoms with Gasteiger partial charge in [0, 0.05) is 21.2 Å². The summed E-state index contributed by atoms with van der Waals surface area (Å²) in [5, 5.41) is 22.2. The first-order chi connectivity index (χ1) is 25.5. The number of aromatic amines is 2. The van der Waals surface area contributed by atoms with Crippen LogP contribution in [0, 0.1) is 0 Å². The zero-order valence-corrected chi connectivity index (χ0v) is 32.1. The normalized spacial score (nSPS) is 13.6. The van der Waals surface area contributed by atoms with E-state index in [-0.39, 0.29) is 28.5 Å². The minimum Gasteiger partial charge on any atom is -0.494 e. The van der Waals surface area contributed by atoms with Gasteiger partial charge in [0.2, 0.25) is 0 Å². The summed E-state index contributed by atoms with van der Waals surface area (Å²) in [6.45, 7) is 13.0. The molecule has 2 aliphatic heterocycles. The van der Waals surface area contributed by atoms with Gasteiger partial charge in [0.1, 0.15) is 0 Å². The number of H-pyrrole nitrogens is 2. The highest BCUT2D eigenvalue weighted by Crippen LogP contribution is 2.40. The average molecular weight is 758 g/mol. The summed E-state index contributed by atoms with van der Waals surface area (Å²) in [4.78, 5) is 39.5. The Morgan fingerprint density at radius 1 is 0.463 bits per heavy atom. The maximum Gasteiger partial charge on any atom is 0.280 e. The van der Waals surface area contributed by atoms with E-state index in [9.17, 15) is 19.8 Å². The van der Waals surface area contributed by atoms with Crippen molar-refractivity contribution in [3.63, 3.8) is 0 Å². The van der Waals surface area contributed by atoms with Crippen LogP contribution in [0.5, 0.6) is 11.8 Å². The number of nitrogens with one attached hydrogen (secondary N) is 2. The summed E-state index contributed by atoms with van der Waals surface area (Å²) in [7, 11) is 0. The number of fused-ring (bicyclic) bond motifs is 2. The average Bonchev–Trinajstić information content (AvgIpc) is 3.87. The lowest BCUT2D eigenvalue weighted by atomic mass is 9.86. The summed E-state index contributed by atoms with van der Waals surface area (Å²) < 4.78 is 0. The van der Waals surface area contributed by atoms with Crippen LogP contribution in [0.25, 0.3) is 22.5 Å². The SMILES string of the molecule is CC(C)(C)c1ccc(C2=NC(=O)c3c(-c4ccc(C(C)(C)C)cc4)[nH]c(O)c32)cc1.O=C1N=C(c2ccc(Cl)cc2)c2c(O)[nH]c(-c3ccc(Cl)cc3)c21. The number of aliphatic imine (C=N–C) groups is 2. The number of hydrogen-bond donors (Lipinski definition) is 4. The van der Waals surface area contributed by atoms with E-state index in [0.717, 1.165) is 16.7 Å². The predicted molar refractivity (Wildman–Crippen MR) is 216 cm³/mol. The van der Waals surface area contributed by atoms with Gasteiger partial charge in [0.15, 0.2) is 11.8 Å². The Morgan fingerprint density at radius 3 is 1.09 bits per heavy atom. The first-order valence-corrected chi connectivity index (χ1v) is 18.2. The molecule has 0 atom stereocenters. The van der Waals surface area contributed by atoms with E-state index >= 15 is 0 Å². The summed E-state index contributed by atoms with van der Waals surface area (Å²) in [6, 6.07) is 30.1. The predicted octanol–water partition coefficient (Wildman–Crippen LogP) is 10.7. The number of benzene rings is 4. The summed E-state index contributed by atoms with van der Waals surface area (Å²) >= 11 is 11.8. The van der Waals surface area contributed by atoms with Crippen LogP contribution in [0.2, 0.25) is 10.0 Å². The molecule has 0 unspecified atom stereocenters. The molecule has 2 aromatic heterocycles. The molecule has 54 heavy (non-hydrogen) atoms. The standard InChI is InChI=1S/C26H28N2O2.C18H10Cl2N2O2/c1-25(2,3)17-11-7-15(8-12-17)21-19-20(24(30)27-21)22(28-23(19)29)16-9-13-18(14-10-16)26(4,5)6;19-11-5-1-9(2-6-11)15-13-14(18(24)21-15)16(22-17(13)23)10-3-7-12(20)8-4-10/h7-14,27,30H,1-6H3;1-8,21,24H. The third-order valence-electron chi connectivity index (χ3n) is 9.60. The van der Waals surface area contributed by atoms with Crippen molar-refractivity contribution in [2.24, 2.45) is 9.98 Å². The fourth-order valence-electron chi connectivity index (χ4n) is 6.63. The molecule has 4 N–H and O–H groups in total. The van der Waals surface area contributed by atoms with Gasteiger partial charge in [-0.2, -0.15) is 0 Å². The van der Waals surface area contributed by atoms with Crippen molar-refractivity contribution in [2.45, 2.75) is 52.4 Å². The van der Waals surface area contributed by atoms with Crippen LogP contribution in [0.4, 0.5) is 0 Å². The zero-order chi connectivity index (χ0) is 38.7. The number of carbonyl (C=O) groups is 2. The number of aromatic hydroxyl groups is 2. The molecule has 272 valence electrons. The third-order valence-corrected chi connectivity index (χ3v) is 10.1. The molecule has 2 amide bonds. The molecule has 4 aromatic carbocycles. The largest absolute Gasteiger partial charge is 0.494 e. The van der Waals surface area contributed by atoms with Crippen LogP contribution in [0.1, 0.15) is 95.6 Å². The van der Waals surface area contributed by atoms with Crippen LogP contribution < -0.4 is 0 Å². The molecule has 0 saturated heterocycles. The third kappa shape index (κ3) is 6.79. The molecule has 8 nitrogen and oxygen atoms in total. The molecule has 4 heterocycles. The highest BCUT2D eigenvalue weighted by atomic mass is 35.5. The second-order valence-electron chi connectivity index (χ2n) is 15.4. The number of carbonyl (C=O) groups excluding carboxylic acids is 2. The van der Waals surface area contributed by atoms with E-state index in [1.165, 1.54) is 11.1 Å². The Balaban J connectivity index is 0.000000171. The van der Waals surface area contributed by atoms with Crippen LogP contribution in [-0.4, -0.2) is 43.4 Å². The molecule has 0 bridgehead atoms. The van der Waals surface area contributed by atoms with Crippen molar-refractivity contribution in [3.8, 4) is 34.3 Å². The molecule has 8 rings (SSSR count). The van der Waals surface area contributed by atoms with Crippen molar-refractivity contribution in [3.05, 3.63) is 152 Å². The number of nitrogens with zero attached hydrogens (tertiary/aromatic N) is 2. The number of hydrogen-bond acceptors (Lipinski definition) is 4. The first-order valence-electron chi connectivity index (χ1n) is 17.4. The molecule has 0 saturated carbocycles. The van der Waals surface area contributed by atoms with Gasteiger partial charge < -0.3 is 20.2 Å². The number of aromatic nitrogens is 2. The van der Waals surface area contributed by atoms with Crippen LogP contribution in [0.15, 0.2) is 107 Å². The monoisotopic (exact) mass is 756 g/mol. The van der Waals surface area contributed by atoms with Crippen molar-refractivity contribution < 1.29 is 19.8 Å². The molecule has 6 aromatic rings. The Labute approximate surface area is 323 Å². The molecule has 0 aliphatic carbocycles. The van der Waals surface area contributed by atoms with E-state index in [4.69, 9.17) is 23.2 Å². The van der Waals surface area contributed by atoms with Crippen molar-refractivity contribution >= 4 is 46.4 Å². The summed E-state index contributed by atoms with van der Waals surface area (Å²) in [6.07, 6.45) is 0. The van der Waals surface area contributed by atoms with Crippen molar-refractivity contribution in [1.29, 1.82) is 0 Å². The molecule has 10 heteroatoms. The van der Waals surface area contributed by atoms with Gasteiger partial charge in [0.05, 0.1) is 45.1 Å². The van der Waals surface area contributed by atoms with E-state index in [2.05, 4.69) is 85.8 Å². The molecule has 0 spiro atoms. The number of amides is 2. The Morgan fingerprint density at radius 2 is 0.759 bits per heavy atom. The lowest BCUT2D eigenvalue weighted by molar-refractivity contribution is 0.0998. The Bertz CT molecular complexity index is 2490. The molecule has 0 radical (unpaired) electrons. The number of rotatable bonds is 4. The van der Waals surface area contributed by atoms with Gasteiger partial charge in [0.25, 0.3) is 11.8 Å². The summed E-state index contributed by atoms with van der Waals surface area (Å²) in [5.74, 6) is -0.832. The van der Waals surface area contributed by atoms with Gasteiger partial charge in [-0.1, -0.05) is 138 Å². The van der Waals surface area contributed by atoms with E-state index in [1.54, 1.807) is 48.5 Å². The van der Waals surface area contributed by atoms with E-state index in [1.807, 2.05) is 24.3 Å². The second kappa shape index (κ2) is 13.6. The number of halogens is 2. The quantitative estimate of drug-likeness (QED) is 0.143. The zero-order valence-electron chi connectivity index (χ0n) is 30.6. The fourth-order valence-corrected chi connectivity index (χ4v) is 6.88. The topological polar surface area (TPSA) is 131 Å². The highest BCUT2D eigenvalue weighted by molar-refractivity contribution is 6.33. The first kappa shape index (κ1) is 36.6. The van der Waals surface area contributed by atoms with Crippen molar-refractivity contribution in [2.75, 3.05) is 0 Å². The van der Waals surface area contributed by atoms with Gasteiger partial charge in [-0.15, -0.1) is 0 Å². The lowest BCUT2D eigenvalue weighted by Gasteiger charge is -2.19. The van der Waals surface area contributed by atoms with E-state index in [0.29, 0.717) is 60.7 Å². The Hall–Kier alpha value is -5.70. The lowest BCUT2D eigenvalue weighted by Crippen LogP contribution is -2.11. The maximum absolute atomic E-state index is 12.8.